The molecule has 2 aliphatic rings. The molecule has 0 heterocycles. The molecule has 0 N–H and O–H groups in total. The minimum Gasteiger partial charge on any atom is -0.489 e. The maximum atomic E-state index is 13.4. The predicted octanol–water partition coefficient (Wildman–Crippen LogP) is 30.4. The van der Waals surface area contributed by atoms with Crippen LogP contribution in [-0.2, 0) is 116 Å². The van der Waals surface area contributed by atoms with E-state index in [0.717, 1.165) is 91.2 Å². The molecule has 17 rings (SSSR count). The summed E-state index contributed by atoms with van der Waals surface area (Å²) in [6, 6.07) is 128. The largest absolute Gasteiger partial charge is 0.489 e. The molecule has 0 fully saturated rings. The first-order valence-electron chi connectivity index (χ1n) is 47.9. The van der Waals surface area contributed by atoms with E-state index in [1.165, 1.54) is 100 Å². The van der Waals surface area contributed by atoms with Crippen molar-refractivity contribution in [2.75, 3.05) is 0 Å². The van der Waals surface area contributed by atoms with Crippen LogP contribution >= 0.6 is 0 Å². The third-order valence-electron chi connectivity index (χ3n) is 28.6. The van der Waals surface area contributed by atoms with Gasteiger partial charge in [0.05, 0.1) is 21.7 Å². The summed E-state index contributed by atoms with van der Waals surface area (Å²) in [6.45, 7) is 42.7. The number of aldehydes is 2. The van der Waals surface area contributed by atoms with Gasteiger partial charge in [0.1, 0.15) is 62.0 Å². The molecule has 6 nitrogen and oxygen atoms in total. The molecule has 2 aliphatic carbocycles. The van der Waals surface area contributed by atoms with Gasteiger partial charge >= 0.3 is 0 Å². The molecule has 6 heteroatoms. The van der Waals surface area contributed by atoms with Crippen LogP contribution in [0.3, 0.4) is 0 Å². The van der Waals surface area contributed by atoms with Gasteiger partial charge in [0.15, 0.2) is 0 Å². The minimum atomic E-state index is -0.676. The van der Waals surface area contributed by atoms with Gasteiger partial charge in [-0.1, -0.05) is 428 Å². The van der Waals surface area contributed by atoms with Gasteiger partial charge in [-0.25, -0.2) is 0 Å². The molecule has 0 amide bonds. The van der Waals surface area contributed by atoms with Crippen LogP contribution in [0, 0.1) is 0 Å². The molecule has 0 atom stereocenters. The lowest BCUT2D eigenvalue weighted by Gasteiger charge is -2.38. The van der Waals surface area contributed by atoms with Crippen molar-refractivity contribution in [3.8, 4) is 45.3 Å². The fourth-order valence-electron chi connectivity index (χ4n) is 20.2. The van der Waals surface area contributed by atoms with Crippen LogP contribution < -0.4 is 18.9 Å². The Morgan fingerprint density at radius 3 is 0.515 bits per heavy atom. The van der Waals surface area contributed by atoms with Gasteiger partial charge < -0.3 is 28.5 Å². The fraction of sp³-hybridized carbons (Fsp3) is 0.281. The van der Waals surface area contributed by atoms with Crippen LogP contribution in [0.25, 0.3) is 22.3 Å². The summed E-state index contributed by atoms with van der Waals surface area (Å²) in [6.07, 6.45) is 4.78. The van der Waals surface area contributed by atoms with E-state index in [1.54, 1.807) is 0 Å². The molecule has 15 aromatic carbocycles. The van der Waals surface area contributed by atoms with Crippen molar-refractivity contribution < 1.29 is 28.5 Å². The van der Waals surface area contributed by atoms with E-state index < -0.39 is 21.7 Å². The van der Waals surface area contributed by atoms with Crippen molar-refractivity contribution >= 4 is 12.6 Å². The van der Waals surface area contributed by atoms with Gasteiger partial charge in [-0.05, 0) is 262 Å². The Morgan fingerprint density at radius 2 is 0.351 bits per heavy atom. The lowest BCUT2D eigenvalue weighted by atomic mass is 9.64. The molecular formula is C128H130O6. The van der Waals surface area contributed by atoms with Crippen molar-refractivity contribution in [3.63, 3.8) is 0 Å². The molecule has 134 heavy (non-hydrogen) atoms. The zero-order chi connectivity index (χ0) is 94.4. The van der Waals surface area contributed by atoms with Gasteiger partial charge in [-0.15, -0.1) is 0 Å². The Morgan fingerprint density at radius 1 is 0.201 bits per heavy atom. The van der Waals surface area contributed by atoms with Crippen molar-refractivity contribution in [2.45, 2.75) is 231 Å². The van der Waals surface area contributed by atoms with Crippen LogP contribution in [-0.4, -0.2) is 12.6 Å². The molecule has 678 valence electrons. The predicted molar refractivity (Wildman–Crippen MR) is 552 cm³/mol. The molecule has 0 unspecified atom stereocenters. The number of ether oxygens (including phenoxy) is 4. The first kappa shape index (κ1) is 92.7. The van der Waals surface area contributed by atoms with Gasteiger partial charge in [0, 0.05) is 0 Å². The number of fused-ring (bicyclic) bond motifs is 2. The normalized spacial score (nSPS) is 13.9. The lowest BCUT2D eigenvalue weighted by molar-refractivity contribution is -0.113. The summed E-state index contributed by atoms with van der Waals surface area (Å²) in [5.74, 6) is 3.18. The van der Waals surface area contributed by atoms with E-state index in [-0.39, 0.29) is 32.5 Å². The molecule has 0 bridgehead atoms. The SMILES string of the molecule is CC(C)(C)c1ccc(C(c2ccc(OCc3ccc(COc4ccc(-c5ccc(C6(C=O)Cc7cc8c(cc7C6)CC(C=O)(c6ccc(-c7ccc(OCc9ccc(COc%10ccc(C(c%11ccc(C(C)(C)C)cc%11)(c%11ccc(C(C)(C)C)cc%11)c%11ccc(C(C)(C)C)cc%11)cc%10)cc9)cc7)cc6)C8)cc5)cc4)cc3)cc2)(c2ccc(C(C)(C)C)cc2)c2ccc(C(C)(C)C)cc2)cc1. The summed E-state index contributed by atoms with van der Waals surface area (Å²) < 4.78 is 25.8. The maximum absolute atomic E-state index is 13.4. The number of hydrogen-bond acceptors (Lipinski definition) is 6. The molecular weight excluding hydrogens is 1630 g/mol. The highest BCUT2D eigenvalue weighted by Gasteiger charge is 2.46. The second-order valence-corrected chi connectivity index (χ2v) is 44.1. The van der Waals surface area contributed by atoms with Crippen LogP contribution in [0.5, 0.6) is 23.0 Å². The Hall–Kier alpha value is -13.2. The third-order valence-corrected chi connectivity index (χ3v) is 28.6. The Labute approximate surface area is 797 Å². The van der Waals surface area contributed by atoms with Gasteiger partial charge in [0.25, 0.3) is 0 Å². The number of benzene rings is 15. The highest BCUT2D eigenvalue weighted by molar-refractivity contribution is 5.78. The lowest BCUT2D eigenvalue weighted by Crippen LogP contribution is -2.31. The highest BCUT2D eigenvalue weighted by Crippen LogP contribution is 2.52. The summed E-state index contributed by atoms with van der Waals surface area (Å²) in [7, 11) is 0. The Balaban J connectivity index is 0.483. The number of carbonyl (C=O) groups excluding carboxylic acids is 2. The number of carbonyl (C=O) groups is 2. The zero-order valence-electron chi connectivity index (χ0n) is 81.7. The molecule has 15 aromatic rings. The van der Waals surface area contributed by atoms with E-state index in [0.29, 0.717) is 52.1 Å². The van der Waals surface area contributed by atoms with E-state index in [9.17, 15) is 9.59 Å². The highest BCUT2D eigenvalue weighted by atomic mass is 16.5. The van der Waals surface area contributed by atoms with Crippen LogP contribution in [0.15, 0.2) is 352 Å². The first-order valence-corrected chi connectivity index (χ1v) is 47.9. The smallest absolute Gasteiger partial charge is 0.131 e. The topological polar surface area (TPSA) is 71.1 Å². The van der Waals surface area contributed by atoms with E-state index >= 15 is 0 Å². The van der Waals surface area contributed by atoms with E-state index in [2.05, 4.69) is 452 Å². The van der Waals surface area contributed by atoms with Crippen molar-refractivity contribution in [2.24, 2.45) is 0 Å². The van der Waals surface area contributed by atoms with Crippen molar-refractivity contribution in [1.82, 2.24) is 0 Å². The Bertz CT molecular complexity index is 5880. The van der Waals surface area contributed by atoms with Gasteiger partial charge in [0.2, 0.25) is 0 Å². The monoisotopic (exact) mass is 1760 g/mol. The summed E-state index contributed by atoms with van der Waals surface area (Å²) in [5, 5.41) is 0. The Kier molecular flexibility index (Phi) is 25.4. The molecule has 0 aromatic heterocycles. The first-order chi connectivity index (χ1) is 63.9. The number of rotatable bonds is 26. The average Bonchev–Trinajstić information content (AvgIpc) is 1.46. The van der Waals surface area contributed by atoms with Gasteiger partial charge in [-0.2, -0.15) is 0 Å². The third kappa shape index (κ3) is 19.2. The van der Waals surface area contributed by atoms with Crippen LogP contribution in [0.4, 0.5) is 0 Å². The molecule has 0 spiro atoms. The zero-order valence-corrected chi connectivity index (χ0v) is 81.7. The number of hydrogen-bond donors (Lipinski definition) is 0. The maximum Gasteiger partial charge on any atom is 0.131 e. The summed E-state index contributed by atoms with van der Waals surface area (Å²) in [5.41, 5.74) is 30.2. The molecule has 0 radical (unpaired) electrons. The quantitative estimate of drug-likeness (QED) is 0.0397. The second kappa shape index (κ2) is 36.7. The molecule has 0 saturated heterocycles. The van der Waals surface area contributed by atoms with Crippen LogP contribution in [0.1, 0.15) is 258 Å². The van der Waals surface area contributed by atoms with Crippen molar-refractivity contribution in [3.05, 3.63) is 485 Å². The fourth-order valence-corrected chi connectivity index (χ4v) is 20.2. The molecule has 0 saturated carbocycles. The second-order valence-electron chi connectivity index (χ2n) is 44.1. The van der Waals surface area contributed by atoms with E-state index in [4.69, 9.17) is 18.9 Å². The molecule has 0 aliphatic heterocycles. The minimum absolute atomic E-state index is 0.0145. The summed E-state index contributed by atoms with van der Waals surface area (Å²) >= 11 is 0. The standard InChI is InChI=1S/C128H130O6/c1-119(2,3)99-39-51-107(52-40-99)127(108-53-41-100(42-54-108)120(4,5)6,109-55-43-101(44-56-109)121(7,8)9)113-63-71-117(72-64-113)133-83-89-23-19-87(20-24-89)81-131-115-67-31-93(32-68-115)91-27-35-105(36-28-91)125(85-129)77-95-75-97-79-126(86-130,80-98(97)76-96(95)78-125)106-37-29-92(30-38-106)94-33-69-116(70-34-94)132-82-88-21-25-90(26-22-88)84-134-118-73-65-114(66-74-118)128(110-57-45-102(46-58-110)122(10,11)12,111-59-47-103(48-60-111)123(13,14)15)112-61-49-104(50-62-112)124(16,17)18/h19-76,85-86H,77-84H2,1-18H3. The van der Waals surface area contributed by atoms with E-state index in [1.807, 2.05) is 24.3 Å². The van der Waals surface area contributed by atoms with Crippen molar-refractivity contribution in [1.29, 1.82) is 0 Å². The van der Waals surface area contributed by atoms with Crippen LogP contribution in [0.2, 0.25) is 0 Å². The summed E-state index contributed by atoms with van der Waals surface area (Å²) in [4.78, 5) is 26.8. The van der Waals surface area contributed by atoms with Gasteiger partial charge in [-0.3, -0.25) is 0 Å². The average molecular weight is 1760 g/mol.